The number of ether oxygens (including phenoxy) is 2. The molecule has 1 aliphatic heterocycles. The maximum Gasteiger partial charge on any atom is 0.271 e. The average molecular weight is 611 g/mol. The molecule has 1 aromatic carbocycles. The van der Waals surface area contributed by atoms with E-state index in [-0.39, 0.29) is 35.4 Å². The summed E-state index contributed by atoms with van der Waals surface area (Å²) in [6, 6.07) is 7.15. The van der Waals surface area contributed by atoms with Crippen LogP contribution in [0.4, 0.5) is 17.3 Å². The van der Waals surface area contributed by atoms with Crippen molar-refractivity contribution < 1.29 is 23.9 Å². The predicted octanol–water partition coefficient (Wildman–Crippen LogP) is 2.32. The lowest BCUT2D eigenvalue weighted by molar-refractivity contribution is -0.125. The third-order valence-electron chi connectivity index (χ3n) is 7.22. The summed E-state index contributed by atoms with van der Waals surface area (Å²) < 4.78 is 11.4. The number of anilines is 3. The molecule has 1 atom stereocenters. The Labute approximate surface area is 259 Å². The summed E-state index contributed by atoms with van der Waals surface area (Å²) in [5.74, 6) is 0.642. The number of nitrogens with two attached hydrogens (primary N) is 1. The Bertz CT molecular complexity index is 1300. The number of likely N-dealkylation sites (N-methyl/N-ethyl adjacent to an activating group) is 2. The monoisotopic (exact) mass is 610 g/mol. The lowest BCUT2D eigenvalue weighted by Gasteiger charge is -2.25. The Hall–Kier alpha value is -4.23. The first-order valence-corrected chi connectivity index (χ1v) is 15.0. The number of primary amides is 1. The third kappa shape index (κ3) is 10.5. The van der Waals surface area contributed by atoms with Crippen molar-refractivity contribution in [3.05, 3.63) is 47.8 Å². The minimum Gasteiger partial charge on any atom is -0.493 e. The molecule has 44 heavy (non-hydrogen) atoms. The van der Waals surface area contributed by atoms with E-state index in [1.807, 2.05) is 44.0 Å². The van der Waals surface area contributed by atoms with E-state index in [4.69, 9.17) is 20.2 Å². The number of carbonyl (C=O) groups excluding carboxylic acids is 3. The van der Waals surface area contributed by atoms with Crippen molar-refractivity contribution in [1.82, 2.24) is 25.1 Å². The van der Waals surface area contributed by atoms with Crippen LogP contribution in [0.15, 0.2) is 36.4 Å². The molecule has 0 spiro atoms. The van der Waals surface area contributed by atoms with Crippen LogP contribution in [0.25, 0.3) is 0 Å². The summed E-state index contributed by atoms with van der Waals surface area (Å²) in [5.41, 5.74) is 7.06. The quantitative estimate of drug-likeness (QED) is 0.164. The lowest BCUT2D eigenvalue weighted by atomic mass is 10.1. The number of carbonyl (C=O) groups is 3. The van der Waals surface area contributed by atoms with E-state index in [1.54, 1.807) is 26.2 Å². The Morgan fingerprint density at radius 3 is 2.59 bits per heavy atom. The summed E-state index contributed by atoms with van der Waals surface area (Å²) in [6.07, 6.45) is 6.17. The molecular weight excluding hydrogens is 564 g/mol. The molecule has 0 unspecified atom stereocenters. The fraction of sp³-hybridized carbons (Fsp3) is 0.516. The van der Waals surface area contributed by atoms with Crippen molar-refractivity contribution in [3.8, 4) is 5.75 Å². The van der Waals surface area contributed by atoms with Gasteiger partial charge in [-0.25, -0.2) is 9.97 Å². The van der Waals surface area contributed by atoms with Crippen LogP contribution in [0.2, 0.25) is 0 Å². The van der Waals surface area contributed by atoms with E-state index >= 15 is 0 Å². The van der Waals surface area contributed by atoms with Gasteiger partial charge >= 0.3 is 0 Å². The van der Waals surface area contributed by atoms with Crippen LogP contribution in [0, 0.1) is 0 Å². The molecule has 240 valence electrons. The standard InChI is InChI=1S/C31H46N8O5/c1-6-25-29(34-22-13-18-43-19-14-22)37-30(27(36-25)28(32)41)35-23-10-7-11-24(20-23)44-17-9-15-33-31(42)21(2)39(5)16-8-12-26(40)38(3)4/h7-8,10-12,20-22H,6,9,13-19H2,1-5H3,(H2,32,41)(H,33,42)(H2,34,35,37)/b12-8+/t21-/m0/s1. The van der Waals surface area contributed by atoms with Gasteiger partial charge in [0.1, 0.15) is 5.75 Å². The summed E-state index contributed by atoms with van der Waals surface area (Å²) in [7, 11) is 5.21. The van der Waals surface area contributed by atoms with E-state index in [0.717, 1.165) is 12.8 Å². The molecule has 5 N–H and O–H groups in total. The number of nitrogens with one attached hydrogen (secondary N) is 3. The fourth-order valence-electron chi connectivity index (χ4n) is 4.38. The highest BCUT2D eigenvalue weighted by Gasteiger charge is 2.21. The van der Waals surface area contributed by atoms with Crippen LogP contribution in [0.1, 0.15) is 49.3 Å². The molecule has 13 heteroatoms. The van der Waals surface area contributed by atoms with Crippen LogP contribution < -0.4 is 26.4 Å². The fourth-order valence-corrected chi connectivity index (χ4v) is 4.38. The van der Waals surface area contributed by atoms with Crippen LogP contribution in [-0.4, -0.2) is 104 Å². The van der Waals surface area contributed by atoms with Gasteiger partial charge in [-0.3, -0.25) is 19.3 Å². The lowest BCUT2D eigenvalue weighted by Crippen LogP contribution is -2.43. The van der Waals surface area contributed by atoms with Gasteiger partial charge in [-0.1, -0.05) is 19.1 Å². The molecule has 1 aliphatic rings. The summed E-state index contributed by atoms with van der Waals surface area (Å²) in [4.78, 5) is 49.0. The van der Waals surface area contributed by atoms with E-state index < -0.39 is 5.91 Å². The molecule has 13 nitrogen and oxygen atoms in total. The van der Waals surface area contributed by atoms with E-state index in [9.17, 15) is 14.4 Å². The highest BCUT2D eigenvalue weighted by Crippen LogP contribution is 2.26. The molecule has 3 rings (SSSR count). The molecule has 2 heterocycles. The molecule has 2 aromatic rings. The van der Waals surface area contributed by atoms with Gasteiger partial charge in [0.25, 0.3) is 5.91 Å². The van der Waals surface area contributed by atoms with Gasteiger partial charge in [0.2, 0.25) is 11.8 Å². The topological polar surface area (TPSA) is 164 Å². The zero-order chi connectivity index (χ0) is 32.1. The van der Waals surface area contributed by atoms with Crippen LogP contribution in [-0.2, 0) is 20.7 Å². The highest BCUT2D eigenvalue weighted by atomic mass is 16.5. The maximum atomic E-state index is 12.5. The first kappa shape index (κ1) is 34.3. The first-order chi connectivity index (χ1) is 21.1. The van der Waals surface area contributed by atoms with E-state index in [1.165, 1.54) is 11.0 Å². The molecule has 0 aliphatic carbocycles. The number of rotatable bonds is 16. The van der Waals surface area contributed by atoms with Crippen LogP contribution in [0.5, 0.6) is 5.75 Å². The van der Waals surface area contributed by atoms with Gasteiger partial charge in [0.15, 0.2) is 17.3 Å². The van der Waals surface area contributed by atoms with Crippen LogP contribution in [0.3, 0.4) is 0 Å². The SMILES string of the molecule is CCc1nc(C(N)=O)c(Nc2cccc(OCCCNC(=O)[C@H](C)N(C)C/C=C/C(=O)N(C)C)c2)nc1NC1CCOCC1. The van der Waals surface area contributed by atoms with Gasteiger partial charge in [-0.15, -0.1) is 0 Å². The second-order valence-corrected chi connectivity index (χ2v) is 10.9. The van der Waals surface area contributed by atoms with Gasteiger partial charge < -0.3 is 36.1 Å². The number of nitrogens with zero attached hydrogens (tertiary/aromatic N) is 4. The molecule has 0 saturated carbocycles. The van der Waals surface area contributed by atoms with Crippen molar-refractivity contribution >= 4 is 35.0 Å². The van der Waals surface area contributed by atoms with E-state index in [0.29, 0.717) is 68.7 Å². The van der Waals surface area contributed by atoms with E-state index in [2.05, 4.69) is 20.9 Å². The Morgan fingerprint density at radius 1 is 1.16 bits per heavy atom. The molecule has 1 saturated heterocycles. The number of hydrogen-bond acceptors (Lipinski definition) is 10. The van der Waals surface area contributed by atoms with Crippen molar-refractivity contribution in [2.24, 2.45) is 5.73 Å². The van der Waals surface area contributed by atoms with Gasteiger partial charge in [0, 0.05) is 64.3 Å². The molecule has 1 fully saturated rings. The molecule has 0 bridgehead atoms. The van der Waals surface area contributed by atoms with Gasteiger partial charge in [0.05, 0.1) is 18.3 Å². The van der Waals surface area contributed by atoms with Crippen molar-refractivity contribution in [3.63, 3.8) is 0 Å². The Morgan fingerprint density at radius 2 is 1.91 bits per heavy atom. The minimum absolute atomic E-state index is 0.0689. The minimum atomic E-state index is -0.668. The normalized spacial score (nSPS) is 14.3. The zero-order valence-corrected chi connectivity index (χ0v) is 26.4. The molecule has 1 aromatic heterocycles. The van der Waals surface area contributed by atoms with Crippen molar-refractivity contribution in [2.45, 2.75) is 51.6 Å². The van der Waals surface area contributed by atoms with Crippen molar-refractivity contribution in [2.75, 3.05) is 64.7 Å². The average Bonchev–Trinajstić information content (AvgIpc) is 3.00. The number of amides is 3. The first-order valence-electron chi connectivity index (χ1n) is 15.0. The molecule has 0 radical (unpaired) electrons. The number of hydrogen-bond donors (Lipinski definition) is 4. The summed E-state index contributed by atoms with van der Waals surface area (Å²) >= 11 is 0. The number of aromatic nitrogens is 2. The largest absolute Gasteiger partial charge is 0.493 e. The van der Waals surface area contributed by atoms with Crippen molar-refractivity contribution in [1.29, 1.82) is 0 Å². The molecule has 3 amide bonds. The molecular formula is C31H46N8O5. The second-order valence-electron chi connectivity index (χ2n) is 10.9. The number of benzene rings is 1. The van der Waals surface area contributed by atoms with Gasteiger partial charge in [-0.2, -0.15) is 0 Å². The third-order valence-corrected chi connectivity index (χ3v) is 7.22. The number of aryl methyl sites for hydroxylation is 1. The predicted molar refractivity (Wildman–Crippen MR) is 170 cm³/mol. The second kappa shape index (κ2) is 17.2. The van der Waals surface area contributed by atoms with Gasteiger partial charge in [-0.05, 0) is 51.8 Å². The smallest absolute Gasteiger partial charge is 0.271 e. The maximum absolute atomic E-state index is 12.5. The summed E-state index contributed by atoms with van der Waals surface area (Å²) in [5, 5.41) is 9.57. The Balaban J connectivity index is 1.52. The Kier molecular flexibility index (Phi) is 13.4. The van der Waals surface area contributed by atoms with Crippen LogP contribution >= 0.6 is 0 Å². The zero-order valence-electron chi connectivity index (χ0n) is 26.4. The highest BCUT2D eigenvalue weighted by molar-refractivity contribution is 5.96. The summed E-state index contributed by atoms with van der Waals surface area (Å²) in [6.45, 7) is 6.47.